The zero-order valence-corrected chi connectivity index (χ0v) is 13.4. The summed E-state index contributed by atoms with van der Waals surface area (Å²) in [6.07, 6.45) is 2.39. The van der Waals surface area contributed by atoms with Crippen molar-refractivity contribution in [2.24, 2.45) is 5.84 Å². The third kappa shape index (κ3) is 3.01. The Kier molecular flexibility index (Phi) is 4.34. The maximum absolute atomic E-state index is 5.53. The van der Waals surface area contributed by atoms with Crippen LogP contribution in [0.5, 0.6) is 0 Å². The molecule has 1 aromatic heterocycles. The second-order valence-electron chi connectivity index (χ2n) is 5.61. The fraction of sp³-hybridized carbons (Fsp3) is 0.769. The lowest BCUT2D eigenvalue weighted by atomic mass is 10.2. The smallest absolute Gasteiger partial charge is 0.243 e. The van der Waals surface area contributed by atoms with Crippen molar-refractivity contribution in [2.75, 3.05) is 40.6 Å². The Labute approximate surface area is 129 Å². The van der Waals surface area contributed by atoms with E-state index >= 15 is 0 Å². The molecule has 0 saturated carbocycles. The van der Waals surface area contributed by atoms with Gasteiger partial charge in [-0.15, -0.1) is 0 Å². The Hall–Kier alpha value is -1.28. The molecule has 1 aromatic rings. The minimum absolute atomic E-state index is 0.406. The molecule has 3 heterocycles. The fourth-order valence-corrected chi connectivity index (χ4v) is 3.92. The molecule has 0 aromatic carbocycles. The number of aromatic nitrogens is 3. The van der Waals surface area contributed by atoms with Crippen LogP contribution in [0.15, 0.2) is 0 Å². The lowest BCUT2D eigenvalue weighted by Crippen LogP contribution is -2.46. The largest absolute Gasteiger partial charge is 0.341 e. The monoisotopic (exact) mass is 309 g/mol. The first kappa shape index (κ1) is 14.6. The van der Waals surface area contributed by atoms with Gasteiger partial charge in [0.15, 0.2) is 0 Å². The molecule has 0 bridgehead atoms. The molecule has 0 spiro atoms. The van der Waals surface area contributed by atoms with Crippen molar-refractivity contribution in [1.82, 2.24) is 15.0 Å². The number of hydrogen-bond acceptors (Lipinski definition) is 8. The Morgan fingerprint density at radius 3 is 2.52 bits per heavy atom. The van der Waals surface area contributed by atoms with E-state index in [1.165, 1.54) is 12.8 Å². The molecule has 2 saturated heterocycles. The van der Waals surface area contributed by atoms with Gasteiger partial charge < -0.3 is 9.80 Å². The maximum atomic E-state index is 5.53. The number of hydrazine groups is 1. The van der Waals surface area contributed by atoms with Gasteiger partial charge in [0.05, 0.1) is 0 Å². The number of nitrogen functional groups attached to an aromatic ring is 1. The van der Waals surface area contributed by atoms with Crippen LogP contribution in [0, 0.1) is 0 Å². The Morgan fingerprint density at radius 2 is 1.81 bits per heavy atom. The predicted molar refractivity (Wildman–Crippen MR) is 87.8 cm³/mol. The van der Waals surface area contributed by atoms with Crippen LogP contribution in [0.25, 0.3) is 0 Å². The lowest BCUT2D eigenvalue weighted by Gasteiger charge is -2.37. The first-order valence-corrected chi connectivity index (χ1v) is 8.60. The highest BCUT2D eigenvalue weighted by atomic mass is 32.2. The molecule has 3 rings (SSSR count). The molecule has 2 aliphatic heterocycles. The normalized spacial score (nSPS) is 26.2. The quantitative estimate of drug-likeness (QED) is 0.634. The first-order valence-electron chi connectivity index (χ1n) is 7.55. The van der Waals surface area contributed by atoms with Crippen LogP contribution in [0.1, 0.15) is 26.7 Å². The molecule has 2 fully saturated rings. The SMILES string of the molecule is CC1SCCN(c2nc(NN)nc(N3CCCC3)n2)C1C. The van der Waals surface area contributed by atoms with Crippen molar-refractivity contribution in [3.8, 4) is 0 Å². The van der Waals surface area contributed by atoms with Crippen molar-refractivity contribution in [3.63, 3.8) is 0 Å². The van der Waals surface area contributed by atoms with Gasteiger partial charge >= 0.3 is 0 Å². The Balaban J connectivity index is 1.91. The second kappa shape index (κ2) is 6.23. The Bertz CT molecular complexity index is 491. The van der Waals surface area contributed by atoms with E-state index < -0.39 is 0 Å². The summed E-state index contributed by atoms with van der Waals surface area (Å²) in [4.78, 5) is 18.0. The number of thioether (sulfide) groups is 1. The summed E-state index contributed by atoms with van der Waals surface area (Å²) in [5, 5.41) is 0.569. The van der Waals surface area contributed by atoms with Crippen molar-refractivity contribution >= 4 is 29.6 Å². The topological polar surface area (TPSA) is 83.2 Å². The zero-order chi connectivity index (χ0) is 14.8. The zero-order valence-electron chi connectivity index (χ0n) is 12.6. The van der Waals surface area contributed by atoms with Crippen LogP contribution in [0.2, 0.25) is 0 Å². The van der Waals surface area contributed by atoms with Crippen LogP contribution >= 0.6 is 11.8 Å². The summed E-state index contributed by atoms with van der Waals surface area (Å²) >= 11 is 2.00. The summed E-state index contributed by atoms with van der Waals surface area (Å²) < 4.78 is 0. The maximum Gasteiger partial charge on any atom is 0.243 e. The number of nitrogens with zero attached hydrogens (tertiary/aromatic N) is 5. The number of rotatable bonds is 3. The van der Waals surface area contributed by atoms with Gasteiger partial charge in [0.1, 0.15) is 0 Å². The molecular weight excluding hydrogens is 286 g/mol. The van der Waals surface area contributed by atoms with E-state index in [1.807, 2.05) is 11.8 Å². The molecule has 3 N–H and O–H groups in total. The van der Waals surface area contributed by atoms with Crippen molar-refractivity contribution in [1.29, 1.82) is 0 Å². The number of anilines is 3. The summed E-state index contributed by atoms with van der Waals surface area (Å²) in [6, 6.07) is 0.406. The third-order valence-electron chi connectivity index (χ3n) is 4.27. The molecule has 8 heteroatoms. The van der Waals surface area contributed by atoms with Gasteiger partial charge in [-0.1, -0.05) is 6.92 Å². The van der Waals surface area contributed by atoms with E-state index in [0.29, 0.717) is 17.2 Å². The molecule has 116 valence electrons. The molecule has 0 amide bonds. The summed E-state index contributed by atoms with van der Waals surface area (Å²) in [6.45, 7) is 7.46. The van der Waals surface area contributed by atoms with E-state index in [1.54, 1.807) is 0 Å². The van der Waals surface area contributed by atoms with E-state index in [9.17, 15) is 0 Å². The van der Waals surface area contributed by atoms with Gasteiger partial charge in [-0.3, -0.25) is 5.43 Å². The van der Waals surface area contributed by atoms with Gasteiger partial charge in [-0.05, 0) is 19.8 Å². The Morgan fingerprint density at radius 1 is 1.10 bits per heavy atom. The highest BCUT2D eigenvalue weighted by Crippen LogP contribution is 2.28. The molecule has 0 radical (unpaired) electrons. The number of nitrogens with two attached hydrogens (primary N) is 1. The van der Waals surface area contributed by atoms with Crippen LogP contribution in [-0.2, 0) is 0 Å². The minimum atomic E-state index is 0.406. The van der Waals surface area contributed by atoms with Gasteiger partial charge in [0, 0.05) is 36.7 Å². The van der Waals surface area contributed by atoms with Crippen LogP contribution in [0.4, 0.5) is 17.8 Å². The fourth-order valence-electron chi connectivity index (χ4n) is 2.82. The van der Waals surface area contributed by atoms with E-state index in [4.69, 9.17) is 10.8 Å². The van der Waals surface area contributed by atoms with Gasteiger partial charge in [-0.25, -0.2) is 5.84 Å². The summed E-state index contributed by atoms with van der Waals surface area (Å²) in [5.41, 5.74) is 2.58. The second-order valence-corrected chi connectivity index (χ2v) is 7.09. The third-order valence-corrected chi connectivity index (χ3v) is 5.61. The average molecular weight is 309 g/mol. The molecule has 2 aliphatic rings. The summed E-state index contributed by atoms with van der Waals surface area (Å²) in [7, 11) is 0. The summed E-state index contributed by atoms with van der Waals surface area (Å²) in [5.74, 6) is 8.55. The standard InChI is InChI=1S/C13H23N7S/c1-9-10(2)21-8-7-20(9)13-16-11(18-14)15-12(17-13)19-5-3-4-6-19/h9-10H,3-8,14H2,1-2H3,(H,15,16,17,18). The number of nitrogens with one attached hydrogen (secondary N) is 1. The highest BCUT2D eigenvalue weighted by molar-refractivity contribution is 8.00. The first-order chi connectivity index (χ1) is 10.2. The van der Waals surface area contributed by atoms with E-state index in [0.717, 1.165) is 37.3 Å². The van der Waals surface area contributed by atoms with E-state index in [-0.39, 0.29) is 0 Å². The lowest BCUT2D eigenvalue weighted by molar-refractivity contribution is 0.610. The van der Waals surface area contributed by atoms with Crippen molar-refractivity contribution < 1.29 is 0 Å². The molecule has 2 atom stereocenters. The van der Waals surface area contributed by atoms with Crippen molar-refractivity contribution in [3.05, 3.63) is 0 Å². The minimum Gasteiger partial charge on any atom is -0.341 e. The predicted octanol–water partition coefficient (Wildman–Crippen LogP) is 1.09. The van der Waals surface area contributed by atoms with Gasteiger partial charge in [0.2, 0.25) is 17.8 Å². The van der Waals surface area contributed by atoms with Crippen molar-refractivity contribution in [2.45, 2.75) is 38.0 Å². The van der Waals surface area contributed by atoms with Gasteiger partial charge in [0.25, 0.3) is 0 Å². The van der Waals surface area contributed by atoms with Crippen LogP contribution in [0.3, 0.4) is 0 Å². The molecule has 7 nitrogen and oxygen atoms in total. The van der Waals surface area contributed by atoms with E-state index in [2.05, 4.69) is 39.0 Å². The molecule has 21 heavy (non-hydrogen) atoms. The van der Waals surface area contributed by atoms with Crippen LogP contribution < -0.4 is 21.1 Å². The highest BCUT2D eigenvalue weighted by Gasteiger charge is 2.28. The van der Waals surface area contributed by atoms with Gasteiger partial charge in [-0.2, -0.15) is 26.7 Å². The molecular formula is C13H23N7S. The van der Waals surface area contributed by atoms with Crippen LogP contribution in [-0.4, -0.2) is 51.6 Å². The molecule has 2 unspecified atom stereocenters. The average Bonchev–Trinajstić information content (AvgIpc) is 3.04. The number of hydrogen-bond donors (Lipinski definition) is 2. The molecule has 0 aliphatic carbocycles.